The Morgan fingerprint density at radius 1 is 1.30 bits per heavy atom. The average molecular weight is 142 g/mol. The van der Waals surface area contributed by atoms with E-state index in [1.54, 1.807) is 0 Å². The molecule has 0 aromatic carbocycles. The molecule has 0 radical (unpaired) electrons. The molecule has 0 bridgehead atoms. The van der Waals surface area contributed by atoms with E-state index in [0.717, 1.165) is 24.7 Å². The molecule has 0 aliphatic heterocycles. The van der Waals surface area contributed by atoms with Gasteiger partial charge in [-0.1, -0.05) is 0 Å². The molecule has 3 nitrogen and oxygen atoms in total. The number of hydrogen-bond donors (Lipinski definition) is 1. The van der Waals surface area contributed by atoms with E-state index in [2.05, 4.69) is 4.74 Å². The molecule has 0 heterocycles. The van der Waals surface area contributed by atoms with Crippen LogP contribution in [0.2, 0.25) is 0 Å². The zero-order valence-electron chi connectivity index (χ0n) is 5.62. The van der Waals surface area contributed by atoms with Crippen molar-refractivity contribution >= 4 is 6.16 Å². The molecule has 1 unspecified atom stereocenters. The first-order valence-corrected chi connectivity index (χ1v) is 3.65. The fraction of sp³-hybridized carbons (Fsp3) is 0.857. The number of fused-ring (bicyclic) bond motifs is 1. The molecular weight excluding hydrogens is 132 g/mol. The Morgan fingerprint density at radius 3 is 2.40 bits per heavy atom. The van der Waals surface area contributed by atoms with E-state index in [0.29, 0.717) is 0 Å². The molecule has 2 aliphatic carbocycles. The molecule has 2 fully saturated rings. The first-order valence-electron chi connectivity index (χ1n) is 3.65. The number of carbonyl (C=O) groups is 1. The lowest BCUT2D eigenvalue weighted by atomic mass is 10.2. The lowest BCUT2D eigenvalue weighted by Crippen LogP contribution is -2.14. The molecular formula is C7H10O3. The van der Waals surface area contributed by atoms with Gasteiger partial charge in [-0.25, -0.2) is 4.79 Å². The number of rotatable bonds is 1. The molecule has 56 valence electrons. The Balaban J connectivity index is 1.80. The SMILES string of the molecule is O=C(O)OC1C[C@@H]2C[C@@H]2C1. The topological polar surface area (TPSA) is 46.5 Å². The van der Waals surface area contributed by atoms with Gasteiger partial charge >= 0.3 is 6.16 Å². The highest BCUT2D eigenvalue weighted by atomic mass is 16.7. The van der Waals surface area contributed by atoms with Crippen molar-refractivity contribution in [2.24, 2.45) is 11.8 Å². The van der Waals surface area contributed by atoms with Crippen molar-refractivity contribution in [3.8, 4) is 0 Å². The minimum Gasteiger partial charge on any atom is -0.450 e. The highest BCUT2D eigenvalue weighted by molar-refractivity contribution is 5.57. The van der Waals surface area contributed by atoms with Crippen LogP contribution in [0.1, 0.15) is 19.3 Å². The van der Waals surface area contributed by atoms with E-state index in [9.17, 15) is 4.79 Å². The summed E-state index contributed by atoms with van der Waals surface area (Å²) in [6, 6.07) is 0. The third-order valence-electron chi connectivity index (χ3n) is 2.47. The summed E-state index contributed by atoms with van der Waals surface area (Å²) in [6.45, 7) is 0. The second kappa shape index (κ2) is 1.87. The highest BCUT2D eigenvalue weighted by Crippen LogP contribution is 2.52. The second-order valence-corrected chi connectivity index (χ2v) is 3.23. The van der Waals surface area contributed by atoms with Gasteiger partial charge in [-0.3, -0.25) is 0 Å². The number of hydrogen-bond acceptors (Lipinski definition) is 2. The molecule has 3 atom stereocenters. The molecule has 0 spiro atoms. The van der Waals surface area contributed by atoms with Crippen LogP contribution in [0.4, 0.5) is 4.79 Å². The standard InChI is InChI=1S/C7H10O3/c8-7(9)10-6-2-4-1-5(4)3-6/h4-6H,1-3H2,(H,8,9)/t4-,5+,6?. The van der Waals surface area contributed by atoms with Crippen LogP contribution < -0.4 is 0 Å². The van der Waals surface area contributed by atoms with Crippen LogP contribution in [0, 0.1) is 11.8 Å². The van der Waals surface area contributed by atoms with Gasteiger partial charge in [0.25, 0.3) is 0 Å². The molecule has 0 aromatic heterocycles. The van der Waals surface area contributed by atoms with Gasteiger partial charge in [0.05, 0.1) is 0 Å². The minimum atomic E-state index is -1.12. The molecule has 1 N–H and O–H groups in total. The fourth-order valence-corrected chi connectivity index (χ4v) is 1.90. The summed E-state index contributed by atoms with van der Waals surface area (Å²) in [7, 11) is 0. The fourth-order valence-electron chi connectivity index (χ4n) is 1.90. The number of ether oxygens (including phenoxy) is 1. The monoisotopic (exact) mass is 142 g/mol. The van der Waals surface area contributed by atoms with E-state index in [-0.39, 0.29) is 6.10 Å². The van der Waals surface area contributed by atoms with Gasteiger partial charge in [-0.15, -0.1) is 0 Å². The minimum absolute atomic E-state index is 0.0150. The van der Waals surface area contributed by atoms with Gasteiger partial charge in [-0.05, 0) is 31.1 Å². The number of carboxylic acid groups (broad SMARTS) is 1. The van der Waals surface area contributed by atoms with Gasteiger partial charge in [0.15, 0.2) is 0 Å². The third-order valence-corrected chi connectivity index (χ3v) is 2.47. The van der Waals surface area contributed by atoms with Crippen molar-refractivity contribution in [3.05, 3.63) is 0 Å². The molecule has 10 heavy (non-hydrogen) atoms. The second-order valence-electron chi connectivity index (χ2n) is 3.23. The maximum absolute atomic E-state index is 10.1. The van der Waals surface area contributed by atoms with Crippen LogP contribution in [0.3, 0.4) is 0 Å². The quantitative estimate of drug-likeness (QED) is 0.564. The summed E-state index contributed by atoms with van der Waals surface area (Å²) in [4.78, 5) is 10.1. The van der Waals surface area contributed by atoms with Gasteiger partial charge in [0.1, 0.15) is 6.10 Å². The maximum Gasteiger partial charge on any atom is 0.506 e. The summed E-state index contributed by atoms with van der Waals surface area (Å²) in [5.74, 6) is 1.59. The third kappa shape index (κ3) is 0.958. The predicted molar refractivity (Wildman–Crippen MR) is 33.7 cm³/mol. The highest BCUT2D eigenvalue weighted by Gasteiger charge is 2.47. The van der Waals surface area contributed by atoms with Crippen molar-refractivity contribution in [2.75, 3.05) is 0 Å². The lowest BCUT2D eigenvalue weighted by molar-refractivity contribution is 0.0497. The molecule has 2 saturated carbocycles. The predicted octanol–water partition coefficient (Wildman–Crippen LogP) is 1.48. The van der Waals surface area contributed by atoms with Crippen LogP contribution in [0.15, 0.2) is 0 Å². The largest absolute Gasteiger partial charge is 0.506 e. The van der Waals surface area contributed by atoms with E-state index in [1.165, 1.54) is 6.42 Å². The van der Waals surface area contributed by atoms with Crippen molar-refractivity contribution < 1.29 is 14.6 Å². The first-order chi connectivity index (χ1) is 4.75. The van der Waals surface area contributed by atoms with Crippen LogP contribution in [-0.4, -0.2) is 17.4 Å². The van der Waals surface area contributed by atoms with Crippen LogP contribution in [0.5, 0.6) is 0 Å². The summed E-state index contributed by atoms with van der Waals surface area (Å²) < 4.78 is 4.63. The molecule has 0 amide bonds. The summed E-state index contributed by atoms with van der Waals surface area (Å²) in [6.07, 6.45) is 2.14. The van der Waals surface area contributed by atoms with Crippen molar-refractivity contribution in [1.29, 1.82) is 0 Å². The summed E-state index contributed by atoms with van der Waals surface area (Å²) in [5, 5.41) is 8.25. The Bertz CT molecular complexity index is 156. The van der Waals surface area contributed by atoms with E-state index >= 15 is 0 Å². The first kappa shape index (κ1) is 6.01. The summed E-state index contributed by atoms with van der Waals surface area (Å²) >= 11 is 0. The van der Waals surface area contributed by atoms with Gasteiger partial charge in [-0.2, -0.15) is 0 Å². The van der Waals surface area contributed by atoms with Crippen molar-refractivity contribution in [2.45, 2.75) is 25.4 Å². The Hall–Kier alpha value is -0.730. The van der Waals surface area contributed by atoms with Crippen LogP contribution in [-0.2, 0) is 4.74 Å². The maximum atomic E-state index is 10.1. The van der Waals surface area contributed by atoms with Gasteiger partial charge < -0.3 is 9.84 Å². The van der Waals surface area contributed by atoms with Gasteiger partial charge in [0, 0.05) is 0 Å². The molecule has 2 rings (SSSR count). The molecule has 3 heteroatoms. The van der Waals surface area contributed by atoms with E-state index in [1.807, 2.05) is 0 Å². The Morgan fingerprint density at radius 2 is 1.90 bits per heavy atom. The zero-order valence-corrected chi connectivity index (χ0v) is 5.62. The normalized spacial score (nSPS) is 42.6. The average Bonchev–Trinajstić information content (AvgIpc) is 2.39. The zero-order chi connectivity index (χ0) is 7.14. The van der Waals surface area contributed by atoms with Crippen LogP contribution in [0.25, 0.3) is 0 Å². The molecule has 0 aromatic rings. The van der Waals surface area contributed by atoms with E-state index < -0.39 is 6.16 Å². The molecule has 2 aliphatic rings. The molecule has 0 saturated heterocycles. The van der Waals surface area contributed by atoms with Crippen molar-refractivity contribution in [1.82, 2.24) is 0 Å². The smallest absolute Gasteiger partial charge is 0.450 e. The lowest BCUT2D eigenvalue weighted by Gasteiger charge is -2.08. The van der Waals surface area contributed by atoms with E-state index in [4.69, 9.17) is 5.11 Å². The van der Waals surface area contributed by atoms with Crippen molar-refractivity contribution in [3.63, 3.8) is 0 Å². The summed E-state index contributed by atoms with van der Waals surface area (Å²) in [5.41, 5.74) is 0. The van der Waals surface area contributed by atoms with Crippen LogP contribution >= 0.6 is 0 Å². The van der Waals surface area contributed by atoms with Gasteiger partial charge in [0.2, 0.25) is 0 Å². The Kier molecular flexibility index (Phi) is 1.13. The Labute approximate surface area is 59.0 Å².